The summed E-state index contributed by atoms with van der Waals surface area (Å²) in [7, 11) is 0. The Morgan fingerprint density at radius 2 is 2.31 bits per heavy atom. The van der Waals surface area contributed by atoms with Crippen LogP contribution in [0.4, 0.5) is 5.69 Å². The molecule has 5 heteroatoms. The largest absolute Gasteiger partial charge is 0.469 e. The summed E-state index contributed by atoms with van der Waals surface area (Å²) >= 11 is 3.31. The molecule has 0 spiro atoms. The summed E-state index contributed by atoms with van der Waals surface area (Å²) in [6, 6.07) is 3.36. The van der Waals surface area contributed by atoms with Gasteiger partial charge in [-0.1, -0.05) is 0 Å². The van der Waals surface area contributed by atoms with Crippen LogP contribution in [0.5, 0.6) is 0 Å². The number of aryl methyl sites for hydroxylation is 1. The number of carbonyl (C=O) groups is 1. The molecule has 0 atom stereocenters. The topological polar surface area (TPSA) is 55.1 Å². The molecular formula is C11H9BrN2O2. The number of nitrogens with one attached hydrogen (secondary N) is 1. The van der Waals surface area contributed by atoms with Crippen molar-refractivity contribution in [3.8, 4) is 0 Å². The SMILES string of the molecule is Cc1occc1C(=O)Nc1ccncc1Br. The first-order valence-corrected chi connectivity index (χ1v) is 5.43. The minimum atomic E-state index is -0.196. The van der Waals surface area contributed by atoms with Crippen LogP contribution in [-0.4, -0.2) is 10.9 Å². The van der Waals surface area contributed by atoms with Gasteiger partial charge >= 0.3 is 0 Å². The van der Waals surface area contributed by atoms with E-state index in [9.17, 15) is 4.79 Å². The van der Waals surface area contributed by atoms with Gasteiger partial charge in [0.25, 0.3) is 5.91 Å². The zero-order chi connectivity index (χ0) is 11.5. The monoisotopic (exact) mass is 280 g/mol. The highest BCUT2D eigenvalue weighted by Crippen LogP contribution is 2.21. The molecule has 0 aliphatic heterocycles. The van der Waals surface area contributed by atoms with Gasteiger partial charge in [-0.3, -0.25) is 9.78 Å². The molecule has 0 radical (unpaired) electrons. The first-order valence-electron chi connectivity index (χ1n) is 4.63. The fourth-order valence-corrected chi connectivity index (χ4v) is 1.64. The first kappa shape index (κ1) is 10.9. The number of hydrogen-bond donors (Lipinski definition) is 1. The quantitative estimate of drug-likeness (QED) is 0.920. The molecule has 0 saturated carbocycles. The molecular weight excluding hydrogens is 272 g/mol. The van der Waals surface area contributed by atoms with E-state index in [4.69, 9.17) is 4.42 Å². The number of halogens is 1. The Bertz CT molecular complexity index is 522. The molecule has 0 saturated heterocycles. The van der Waals surface area contributed by atoms with Crippen LogP contribution >= 0.6 is 15.9 Å². The predicted octanol–water partition coefficient (Wildman–Crippen LogP) is 3.00. The zero-order valence-corrected chi connectivity index (χ0v) is 10.1. The Kier molecular flexibility index (Phi) is 3.05. The maximum absolute atomic E-state index is 11.8. The molecule has 2 aromatic heterocycles. The van der Waals surface area contributed by atoms with Crippen molar-refractivity contribution in [2.24, 2.45) is 0 Å². The van der Waals surface area contributed by atoms with E-state index >= 15 is 0 Å². The van der Waals surface area contributed by atoms with Crippen molar-refractivity contribution >= 4 is 27.5 Å². The fraction of sp³-hybridized carbons (Fsp3) is 0.0909. The van der Waals surface area contributed by atoms with Crippen molar-refractivity contribution < 1.29 is 9.21 Å². The second-order valence-electron chi connectivity index (χ2n) is 3.20. The number of rotatable bonds is 2. The van der Waals surface area contributed by atoms with Crippen molar-refractivity contribution in [2.45, 2.75) is 6.92 Å². The van der Waals surface area contributed by atoms with Crippen molar-refractivity contribution in [1.82, 2.24) is 4.98 Å². The molecule has 0 fully saturated rings. The smallest absolute Gasteiger partial charge is 0.259 e. The number of amides is 1. The molecule has 2 heterocycles. The Morgan fingerprint density at radius 3 is 2.94 bits per heavy atom. The lowest BCUT2D eigenvalue weighted by Crippen LogP contribution is -2.12. The molecule has 82 valence electrons. The summed E-state index contributed by atoms with van der Waals surface area (Å²) in [6.07, 6.45) is 4.73. The molecule has 2 rings (SSSR count). The van der Waals surface area contributed by atoms with Gasteiger partial charge in [0.05, 0.1) is 22.0 Å². The Hall–Kier alpha value is -1.62. The van der Waals surface area contributed by atoms with E-state index in [2.05, 4.69) is 26.2 Å². The molecule has 1 amide bonds. The normalized spacial score (nSPS) is 10.1. The number of anilines is 1. The number of pyridine rings is 1. The standard InChI is InChI=1S/C11H9BrN2O2/c1-7-8(3-5-16-7)11(15)14-10-2-4-13-6-9(10)12/h2-6H,1H3,(H,13,14,15). The predicted molar refractivity (Wildman–Crippen MR) is 63.3 cm³/mol. The summed E-state index contributed by atoms with van der Waals surface area (Å²) in [5.74, 6) is 0.404. The number of carbonyl (C=O) groups excluding carboxylic acids is 1. The minimum absolute atomic E-state index is 0.196. The average Bonchev–Trinajstić information content (AvgIpc) is 2.68. The molecule has 4 nitrogen and oxygen atoms in total. The van der Waals surface area contributed by atoms with Gasteiger partial charge in [0.15, 0.2) is 0 Å². The molecule has 2 aromatic rings. The van der Waals surface area contributed by atoms with Gasteiger partial charge in [-0.15, -0.1) is 0 Å². The molecule has 0 bridgehead atoms. The highest BCUT2D eigenvalue weighted by atomic mass is 79.9. The van der Waals surface area contributed by atoms with Crippen LogP contribution in [0.2, 0.25) is 0 Å². The van der Waals surface area contributed by atoms with E-state index in [-0.39, 0.29) is 5.91 Å². The summed E-state index contributed by atoms with van der Waals surface area (Å²) in [5.41, 5.74) is 1.21. The maximum Gasteiger partial charge on any atom is 0.259 e. The third-order valence-electron chi connectivity index (χ3n) is 2.12. The lowest BCUT2D eigenvalue weighted by Gasteiger charge is -2.05. The maximum atomic E-state index is 11.8. The highest BCUT2D eigenvalue weighted by Gasteiger charge is 2.12. The van der Waals surface area contributed by atoms with E-state index in [1.54, 1.807) is 31.5 Å². The van der Waals surface area contributed by atoms with Crippen molar-refractivity contribution in [2.75, 3.05) is 5.32 Å². The van der Waals surface area contributed by atoms with E-state index in [1.807, 2.05) is 0 Å². The lowest BCUT2D eigenvalue weighted by molar-refractivity contribution is 0.102. The number of nitrogens with zero attached hydrogens (tertiary/aromatic N) is 1. The van der Waals surface area contributed by atoms with Gasteiger partial charge in [0.1, 0.15) is 5.76 Å². The third kappa shape index (κ3) is 2.14. The zero-order valence-electron chi connectivity index (χ0n) is 8.53. The Labute approximate surface area is 101 Å². The van der Waals surface area contributed by atoms with Crippen LogP contribution in [-0.2, 0) is 0 Å². The van der Waals surface area contributed by atoms with Crippen LogP contribution in [0.25, 0.3) is 0 Å². The van der Waals surface area contributed by atoms with Crippen LogP contribution < -0.4 is 5.32 Å². The molecule has 16 heavy (non-hydrogen) atoms. The van der Waals surface area contributed by atoms with E-state index in [1.165, 1.54) is 6.26 Å². The van der Waals surface area contributed by atoms with Gasteiger partial charge in [-0.05, 0) is 35.0 Å². The second-order valence-corrected chi connectivity index (χ2v) is 4.05. The summed E-state index contributed by atoms with van der Waals surface area (Å²) < 4.78 is 5.81. The average molecular weight is 281 g/mol. The van der Waals surface area contributed by atoms with Gasteiger partial charge < -0.3 is 9.73 Å². The van der Waals surface area contributed by atoms with Crippen LogP contribution in [0.3, 0.4) is 0 Å². The second kappa shape index (κ2) is 4.49. The van der Waals surface area contributed by atoms with Gasteiger partial charge in [0.2, 0.25) is 0 Å². The van der Waals surface area contributed by atoms with E-state index in [0.29, 0.717) is 17.0 Å². The number of furan rings is 1. The van der Waals surface area contributed by atoms with Gasteiger partial charge in [-0.2, -0.15) is 0 Å². The summed E-state index contributed by atoms with van der Waals surface area (Å²) in [4.78, 5) is 15.8. The fourth-order valence-electron chi connectivity index (χ4n) is 1.29. The Morgan fingerprint density at radius 1 is 1.50 bits per heavy atom. The molecule has 0 aliphatic rings. The van der Waals surface area contributed by atoms with Gasteiger partial charge in [0, 0.05) is 12.4 Å². The third-order valence-corrected chi connectivity index (χ3v) is 2.76. The highest BCUT2D eigenvalue weighted by molar-refractivity contribution is 9.10. The van der Waals surface area contributed by atoms with Crippen LogP contribution in [0.15, 0.2) is 39.7 Å². The summed E-state index contributed by atoms with van der Waals surface area (Å²) in [5, 5.41) is 2.77. The number of aromatic nitrogens is 1. The molecule has 0 aromatic carbocycles. The van der Waals surface area contributed by atoms with Crippen molar-refractivity contribution in [1.29, 1.82) is 0 Å². The van der Waals surface area contributed by atoms with Gasteiger partial charge in [-0.25, -0.2) is 0 Å². The summed E-state index contributed by atoms with van der Waals surface area (Å²) in [6.45, 7) is 1.75. The van der Waals surface area contributed by atoms with E-state index < -0.39 is 0 Å². The van der Waals surface area contributed by atoms with Crippen molar-refractivity contribution in [3.63, 3.8) is 0 Å². The van der Waals surface area contributed by atoms with Crippen molar-refractivity contribution in [3.05, 3.63) is 46.6 Å². The van der Waals surface area contributed by atoms with Crippen LogP contribution in [0, 0.1) is 6.92 Å². The Balaban J connectivity index is 2.21. The molecule has 0 unspecified atom stereocenters. The first-order chi connectivity index (χ1) is 7.68. The van der Waals surface area contributed by atoms with E-state index in [0.717, 1.165) is 4.47 Å². The number of hydrogen-bond acceptors (Lipinski definition) is 3. The van der Waals surface area contributed by atoms with Crippen LogP contribution in [0.1, 0.15) is 16.1 Å². The minimum Gasteiger partial charge on any atom is -0.469 e. The molecule has 1 N–H and O–H groups in total. The lowest BCUT2D eigenvalue weighted by atomic mass is 10.2. The molecule has 0 aliphatic carbocycles.